The van der Waals surface area contributed by atoms with E-state index >= 15 is 0 Å². The molecule has 0 bridgehead atoms. The van der Waals surface area contributed by atoms with E-state index < -0.39 is 18.0 Å². The molecule has 1 aliphatic rings. The highest BCUT2D eigenvalue weighted by atomic mass is 35.5. The van der Waals surface area contributed by atoms with Crippen LogP contribution in [0.1, 0.15) is 10.4 Å². The monoisotopic (exact) mass is 267 g/mol. The molecule has 1 heterocycles. The van der Waals surface area contributed by atoms with Crippen molar-refractivity contribution in [1.82, 2.24) is 16.0 Å². The number of amides is 4. The van der Waals surface area contributed by atoms with E-state index in [1.165, 1.54) is 0 Å². The van der Waals surface area contributed by atoms with Crippen LogP contribution in [-0.4, -0.2) is 30.4 Å². The van der Waals surface area contributed by atoms with Gasteiger partial charge in [-0.05, 0) is 24.3 Å². The van der Waals surface area contributed by atoms with Crippen LogP contribution >= 0.6 is 11.6 Å². The van der Waals surface area contributed by atoms with Gasteiger partial charge in [-0.3, -0.25) is 14.9 Å². The Hall–Kier alpha value is -2.08. The summed E-state index contributed by atoms with van der Waals surface area (Å²) >= 11 is 5.70. The van der Waals surface area contributed by atoms with Gasteiger partial charge in [-0.25, -0.2) is 4.79 Å². The zero-order chi connectivity index (χ0) is 13.1. The average molecular weight is 268 g/mol. The molecule has 1 aromatic carbocycles. The van der Waals surface area contributed by atoms with Crippen molar-refractivity contribution in [2.45, 2.75) is 6.04 Å². The Bertz CT molecular complexity index is 501. The van der Waals surface area contributed by atoms with Crippen LogP contribution in [0.2, 0.25) is 5.02 Å². The van der Waals surface area contributed by atoms with Crippen molar-refractivity contribution in [1.29, 1.82) is 0 Å². The molecule has 1 aliphatic heterocycles. The second kappa shape index (κ2) is 5.05. The Balaban J connectivity index is 1.90. The maximum absolute atomic E-state index is 11.7. The van der Waals surface area contributed by atoms with Gasteiger partial charge in [0.15, 0.2) is 0 Å². The van der Waals surface area contributed by atoms with Crippen LogP contribution in [0.3, 0.4) is 0 Å². The quantitative estimate of drug-likeness (QED) is 0.688. The van der Waals surface area contributed by atoms with E-state index in [0.717, 1.165) is 0 Å². The molecular weight excluding hydrogens is 258 g/mol. The number of halogens is 1. The molecule has 2 rings (SSSR count). The number of hydrogen-bond donors (Lipinski definition) is 3. The molecule has 1 fully saturated rings. The largest absolute Gasteiger partial charge is 0.349 e. The molecule has 0 aromatic heterocycles. The molecule has 7 heteroatoms. The SMILES string of the molecule is O=C1NC(=O)C(CNC(=O)c2ccc(Cl)cc2)N1. The third-order valence-electron chi connectivity index (χ3n) is 2.43. The summed E-state index contributed by atoms with van der Waals surface area (Å²) in [6.07, 6.45) is 0. The Morgan fingerprint density at radius 3 is 2.50 bits per heavy atom. The van der Waals surface area contributed by atoms with Crippen molar-refractivity contribution in [3.8, 4) is 0 Å². The second-order valence-electron chi connectivity index (χ2n) is 3.73. The lowest BCUT2D eigenvalue weighted by Crippen LogP contribution is -2.41. The Labute approximate surface area is 108 Å². The maximum Gasteiger partial charge on any atom is 0.322 e. The lowest BCUT2D eigenvalue weighted by Gasteiger charge is -2.09. The van der Waals surface area contributed by atoms with Gasteiger partial charge in [0, 0.05) is 17.1 Å². The average Bonchev–Trinajstić information content (AvgIpc) is 2.66. The first-order valence-corrected chi connectivity index (χ1v) is 5.59. The highest BCUT2D eigenvalue weighted by Crippen LogP contribution is 2.09. The van der Waals surface area contributed by atoms with Gasteiger partial charge in [-0.2, -0.15) is 0 Å². The second-order valence-corrected chi connectivity index (χ2v) is 4.17. The lowest BCUT2D eigenvalue weighted by atomic mass is 10.2. The predicted octanol–water partition coefficient (Wildman–Crippen LogP) is 0.278. The molecule has 0 spiro atoms. The van der Waals surface area contributed by atoms with Crippen LogP contribution in [0.15, 0.2) is 24.3 Å². The van der Waals surface area contributed by atoms with Crippen molar-refractivity contribution >= 4 is 29.4 Å². The molecule has 6 nitrogen and oxygen atoms in total. The van der Waals surface area contributed by atoms with E-state index in [1.54, 1.807) is 24.3 Å². The number of urea groups is 1. The number of benzene rings is 1. The summed E-state index contributed by atoms with van der Waals surface area (Å²) in [5.41, 5.74) is 0.434. The summed E-state index contributed by atoms with van der Waals surface area (Å²) in [4.78, 5) is 33.8. The minimum Gasteiger partial charge on any atom is -0.349 e. The Morgan fingerprint density at radius 2 is 1.94 bits per heavy atom. The van der Waals surface area contributed by atoms with Crippen LogP contribution in [-0.2, 0) is 4.79 Å². The minimum atomic E-state index is -0.728. The van der Waals surface area contributed by atoms with Gasteiger partial charge in [0.25, 0.3) is 11.8 Å². The van der Waals surface area contributed by atoms with E-state index in [4.69, 9.17) is 11.6 Å². The van der Waals surface area contributed by atoms with Crippen LogP contribution < -0.4 is 16.0 Å². The zero-order valence-electron chi connectivity index (χ0n) is 9.20. The number of carbonyl (C=O) groups is 3. The minimum absolute atomic E-state index is 0.0407. The predicted molar refractivity (Wildman–Crippen MR) is 64.2 cm³/mol. The standard InChI is InChI=1S/C11H10ClN3O3/c12-7-3-1-6(2-4-7)9(16)13-5-8-10(17)15-11(18)14-8/h1-4,8H,5H2,(H,13,16)(H2,14,15,17,18). The molecule has 1 unspecified atom stereocenters. The van der Waals surface area contributed by atoms with Crippen LogP contribution in [0, 0.1) is 0 Å². The van der Waals surface area contributed by atoms with Crippen molar-refractivity contribution in [3.05, 3.63) is 34.9 Å². The molecule has 0 saturated carbocycles. The van der Waals surface area contributed by atoms with Gasteiger partial charge in [0.2, 0.25) is 0 Å². The Morgan fingerprint density at radius 1 is 1.28 bits per heavy atom. The third-order valence-corrected chi connectivity index (χ3v) is 2.68. The number of nitrogens with one attached hydrogen (secondary N) is 3. The fraction of sp³-hybridized carbons (Fsp3) is 0.182. The third kappa shape index (κ3) is 2.78. The van der Waals surface area contributed by atoms with E-state index in [0.29, 0.717) is 10.6 Å². The molecule has 1 saturated heterocycles. The molecule has 1 atom stereocenters. The highest BCUT2D eigenvalue weighted by Gasteiger charge is 2.29. The number of rotatable bonds is 3. The molecule has 94 valence electrons. The van der Waals surface area contributed by atoms with Gasteiger partial charge in [0.05, 0.1) is 0 Å². The van der Waals surface area contributed by atoms with Crippen molar-refractivity contribution in [2.24, 2.45) is 0 Å². The fourth-order valence-electron chi connectivity index (χ4n) is 1.50. The number of imide groups is 1. The van der Waals surface area contributed by atoms with Crippen molar-refractivity contribution in [3.63, 3.8) is 0 Å². The lowest BCUT2D eigenvalue weighted by molar-refractivity contribution is -0.120. The summed E-state index contributed by atoms with van der Waals surface area (Å²) in [6.45, 7) is 0.0407. The summed E-state index contributed by atoms with van der Waals surface area (Å²) < 4.78 is 0. The van der Waals surface area contributed by atoms with Gasteiger partial charge in [0.1, 0.15) is 6.04 Å². The topological polar surface area (TPSA) is 87.3 Å². The summed E-state index contributed by atoms with van der Waals surface area (Å²) in [5.74, 6) is -0.781. The van der Waals surface area contributed by atoms with E-state index in [1.807, 2.05) is 0 Å². The number of carbonyl (C=O) groups excluding carboxylic acids is 3. The van der Waals surface area contributed by atoms with Crippen LogP contribution in [0.25, 0.3) is 0 Å². The molecule has 0 radical (unpaired) electrons. The van der Waals surface area contributed by atoms with E-state index in [-0.39, 0.29) is 12.5 Å². The summed E-state index contributed by atoms with van der Waals surface area (Å²) in [5, 5.41) is 7.55. The first-order chi connectivity index (χ1) is 8.56. The molecule has 4 amide bonds. The molecule has 3 N–H and O–H groups in total. The molecule has 18 heavy (non-hydrogen) atoms. The van der Waals surface area contributed by atoms with E-state index in [9.17, 15) is 14.4 Å². The highest BCUT2D eigenvalue weighted by molar-refractivity contribution is 6.30. The zero-order valence-corrected chi connectivity index (χ0v) is 9.95. The Kier molecular flexibility index (Phi) is 3.47. The van der Waals surface area contributed by atoms with Crippen LogP contribution in [0.4, 0.5) is 4.79 Å². The van der Waals surface area contributed by atoms with Crippen LogP contribution in [0.5, 0.6) is 0 Å². The van der Waals surface area contributed by atoms with Gasteiger partial charge in [-0.15, -0.1) is 0 Å². The van der Waals surface area contributed by atoms with Crippen molar-refractivity contribution in [2.75, 3.05) is 6.54 Å². The molecular formula is C11H10ClN3O3. The molecule has 1 aromatic rings. The first-order valence-electron chi connectivity index (χ1n) is 5.21. The van der Waals surface area contributed by atoms with Crippen molar-refractivity contribution < 1.29 is 14.4 Å². The summed E-state index contributed by atoms with van der Waals surface area (Å²) in [6, 6.07) is 5.07. The van der Waals surface area contributed by atoms with Gasteiger partial charge >= 0.3 is 6.03 Å². The first kappa shape index (κ1) is 12.4. The smallest absolute Gasteiger partial charge is 0.322 e. The number of hydrogen-bond acceptors (Lipinski definition) is 3. The fourth-order valence-corrected chi connectivity index (χ4v) is 1.63. The normalized spacial score (nSPS) is 18.2. The van der Waals surface area contributed by atoms with Gasteiger partial charge < -0.3 is 10.6 Å². The van der Waals surface area contributed by atoms with E-state index in [2.05, 4.69) is 16.0 Å². The summed E-state index contributed by atoms with van der Waals surface area (Å²) in [7, 11) is 0. The van der Waals surface area contributed by atoms with Gasteiger partial charge in [-0.1, -0.05) is 11.6 Å². The molecule has 0 aliphatic carbocycles. The maximum atomic E-state index is 11.7.